The quantitative estimate of drug-likeness (QED) is 0.0362. The molecule has 56 heavy (non-hydrogen) atoms. The van der Waals surface area contributed by atoms with Crippen molar-refractivity contribution in [3.05, 3.63) is 23.8 Å². The molecule has 0 radical (unpaired) electrons. The molecule has 2 heterocycles. The van der Waals surface area contributed by atoms with Gasteiger partial charge in [-0.2, -0.15) is 0 Å². The number of ketones is 1. The number of esters is 2. The van der Waals surface area contributed by atoms with Crippen molar-refractivity contribution in [2.75, 3.05) is 12.4 Å². The molecule has 0 bridgehead atoms. The van der Waals surface area contributed by atoms with Gasteiger partial charge in [0.15, 0.2) is 0 Å². The number of carbonyl (C=O) groups excluding carboxylic acids is 4. The van der Waals surface area contributed by atoms with E-state index >= 15 is 0 Å². The van der Waals surface area contributed by atoms with E-state index < -0.39 is 12.3 Å². The number of fused-ring (bicyclic) bond motifs is 1. The number of unbranched alkanes of at least 4 members (excludes halogenated alkanes) is 11. The molecule has 0 saturated carbocycles. The number of hydrogen-bond acceptors (Lipinski definition) is 10. The Labute approximate surface area is 347 Å². The standard InChI is InChI=1S/C46H74O8S2/c1-5-34(3)45(49)54-42-30-33(2)29-36-23-22-35(4)41(44(36)42)25-24-38-31-39(32-43(48)52-38)53-46(50)51-27-18-14-12-10-8-6-7-9-11-13-15-19-37(47)20-16-17-21-40-26-28-55-56-40/h22-23,29,33-35,38-42,44H,5-21,24-28,30-32H2,1-4H3. The first-order chi connectivity index (χ1) is 27.1. The molecule has 4 aliphatic rings. The van der Waals surface area contributed by atoms with E-state index in [1.807, 2.05) is 35.4 Å². The first kappa shape index (κ1) is 46.7. The molecule has 2 aliphatic carbocycles. The van der Waals surface area contributed by atoms with E-state index in [0.29, 0.717) is 37.1 Å². The Morgan fingerprint density at radius 3 is 2.21 bits per heavy atom. The van der Waals surface area contributed by atoms with E-state index in [1.54, 1.807) is 0 Å². The summed E-state index contributed by atoms with van der Waals surface area (Å²) in [6.45, 7) is 8.66. The Bertz CT molecular complexity index is 1260. The molecule has 8 nitrogen and oxygen atoms in total. The molecule has 0 aromatic carbocycles. The minimum atomic E-state index is -0.705. The molecule has 9 atom stereocenters. The highest BCUT2D eigenvalue weighted by Gasteiger charge is 2.42. The monoisotopic (exact) mass is 818 g/mol. The van der Waals surface area contributed by atoms with Crippen LogP contribution < -0.4 is 0 Å². The van der Waals surface area contributed by atoms with Gasteiger partial charge in [0.2, 0.25) is 0 Å². The number of cyclic esters (lactones) is 1. The summed E-state index contributed by atoms with van der Waals surface area (Å²) < 4.78 is 22.9. The van der Waals surface area contributed by atoms with Crippen molar-refractivity contribution >= 4 is 45.5 Å². The number of allylic oxidation sites excluding steroid dienone is 3. The fourth-order valence-electron chi connectivity index (χ4n) is 8.87. The van der Waals surface area contributed by atoms with E-state index in [2.05, 4.69) is 32.1 Å². The number of carbonyl (C=O) groups is 4. The van der Waals surface area contributed by atoms with Crippen molar-refractivity contribution in [2.45, 2.75) is 199 Å². The van der Waals surface area contributed by atoms with E-state index in [4.69, 9.17) is 18.9 Å². The number of Topliss-reactive ketones (excluding diaryl/α,β-unsaturated/α-hetero) is 1. The Morgan fingerprint density at radius 2 is 1.54 bits per heavy atom. The van der Waals surface area contributed by atoms with Crippen LogP contribution in [0.25, 0.3) is 0 Å². The van der Waals surface area contributed by atoms with Crippen molar-refractivity contribution in [1.29, 1.82) is 0 Å². The van der Waals surface area contributed by atoms with Crippen LogP contribution in [0.4, 0.5) is 4.79 Å². The molecule has 0 N–H and O–H groups in total. The van der Waals surface area contributed by atoms with E-state index in [-0.39, 0.29) is 48.3 Å². The third kappa shape index (κ3) is 17.1. The molecule has 2 fully saturated rings. The summed E-state index contributed by atoms with van der Waals surface area (Å²) in [4.78, 5) is 50.1. The van der Waals surface area contributed by atoms with Crippen LogP contribution in [0.5, 0.6) is 0 Å². The molecule has 4 rings (SSSR count). The lowest BCUT2D eigenvalue weighted by atomic mass is 9.65. The van der Waals surface area contributed by atoms with Gasteiger partial charge in [-0.15, -0.1) is 0 Å². The molecular weight excluding hydrogens is 745 g/mol. The second-order valence-electron chi connectivity index (χ2n) is 17.3. The zero-order valence-corrected chi connectivity index (χ0v) is 36.8. The second-order valence-corrected chi connectivity index (χ2v) is 20.1. The first-order valence-electron chi connectivity index (χ1n) is 22.6. The van der Waals surface area contributed by atoms with Crippen molar-refractivity contribution in [3.63, 3.8) is 0 Å². The Balaban J connectivity index is 1.01. The van der Waals surface area contributed by atoms with E-state index in [9.17, 15) is 19.2 Å². The summed E-state index contributed by atoms with van der Waals surface area (Å²) in [6.07, 6.45) is 27.6. The molecule has 2 saturated heterocycles. The molecule has 0 aromatic rings. The van der Waals surface area contributed by atoms with Gasteiger partial charge in [0.05, 0.1) is 18.9 Å². The smallest absolute Gasteiger partial charge is 0.462 e. The molecule has 318 valence electrons. The number of rotatable bonds is 26. The normalized spacial score (nSPS) is 27.9. The van der Waals surface area contributed by atoms with Crippen LogP contribution >= 0.6 is 21.6 Å². The van der Waals surface area contributed by atoms with Crippen molar-refractivity contribution in [1.82, 2.24) is 0 Å². The van der Waals surface area contributed by atoms with Gasteiger partial charge in [-0.3, -0.25) is 14.4 Å². The highest BCUT2D eigenvalue weighted by Crippen LogP contribution is 2.45. The Morgan fingerprint density at radius 1 is 0.857 bits per heavy atom. The van der Waals surface area contributed by atoms with Gasteiger partial charge in [0.25, 0.3) is 0 Å². The SMILES string of the molecule is CCC(C)C(=O)OC1CC(C)C=C2C=CC(C)C(CCC3CC(OC(=O)OCCCCCCCCCCCCCC(=O)CCCCC4CCSS4)CC(=O)O3)C21. The predicted molar refractivity (Wildman–Crippen MR) is 228 cm³/mol. The maximum Gasteiger partial charge on any atom is 0.508 e. The third-order valence-corrected chi connectivity index (χ3v) is 15.5. The summed E-state index contributed by atoms with van der Waals surface area (Å²) in [7, 11) is 4.04. The van der Waals surface area contributed by atoms with Crippen LogP contribution in [0.2, 0.25) is 0 Å². The van der Waals surface area contributed by atoms with Crippen LogP contribution in [-0.2, 0) is 33.3 Å². The van der Waals surface area contributed by atoms with Crippen LogP contribution in [0.1, 0.15) is 175 Å². The number of hydrogen-bond donors (Lipinski definition) is 0. The Kier molecular flexibility index (Phi) is 21.9. The highest BCUT2D eigenvalue weighted by atomic mass is 33.1. The van der Waals surface area contributed by atoms with Gasteiger partial charge in [-0.25, -0.2) is 4.79 Å². The summed E-state index contributed by atoms with van der Waals surface area (Å²) in [5.74, 6) is 2.17. The average molecular weight is 819 g/mol. The van der Waals surface area contributed by atoms with Gasteiger partial charge in [0, 0.05) is 36.2 Å². The molecule has 2 aliphatic heterocycles. The van der Waals surface area contributed by atoms with Gasteiger partial charge in [-0.05, 0) is 81.1 Å². The van der Waals surface area contributed by atoms with Crippen molar-refractivity contribution in [2.24, 2.45) is 29.6 Å². The second kappa shape index (κ2) is 26.2. The largest absolute Gasteiger partial charge is 0.508 e. The minimum absolute atomic E-state index is 0.0497. The molecule has 0 spiro atoms. The lowest BCUT2D eigenvalue weighted by Gasteiger charge is -2.43. The van der Waals surface area contributed by atoms with Crippen molar-refractivity contribution < 1.29 is 38.1 Å². The molecule has 10 heteroatoms. The van der Waals surface area contributed by atoms with Crippen LogP contribution in [-0.4, -0.2) is 59.8 Å². The predicted octanol–water partition coefficient (Wildman–Crippen LogP) is 12.3. The summed E-state index contributed by atoms with van der Waals surface area (Å²) in [5, 5.41) is 0.825. The van der Waals surface area contributed by atoms with Crippen LogP contribution in [0.15, 0.2) is 23.8 Å². The van der Waals surface area contributed by atoms with Crippen molar-refractivity contribution in [3.8, 4) is 0 Å². The number of ether oxygens (including phenoxy) is 4. The molecular formula is C46H74O8S2. The molecule has 0 aromatic heterocycles. The van der Waals surface area contributed by atoms with Gasteiger partial charge in [0.1, 0.15) is 24.1 Å². The third-order valence-electron chi connectivity index (χ3n) is 12.5. The van der Waals surface area contributed by atoms with E-state index in [0.717, 1.165) is 69.5 Å². The lowest BCUT2D eigenvalue weighted by molar-refractivity contribution is -0.163. The fraction of sp³-hybridized carbons (Fsp3) is 0.826. The average Bonchev–Trinajstić information content (AvgIpc) is 3.69. The molecule has 0 amide bonds. The lowest BCUT2D eigenvalue weighted by Crippen LogP contribution is -2.42. The maximum atomic E-state index is 12.8. The summed E-state index contributed by atoms with van der Waals surface area (Å²) in [5.41, 5.74) is 1.25. The maximum absolute atomic E-state index is 12.8. The Hall–Kier alpha value is -1.94. The topological polar surface area (TPSA) is 105 Å². The van der Waals surface area contributed by atoms with Crippen LogP contribution in [0.3, 0.4) is 0 Å². The fourth-order valence-corrected chi connectivity index (χ4v) is 11.9. The van der Waals surface area contributed by atoms with Crippen LogP contribution in [0, 0.1) is 29.6 Å². The summed E-state index contributed by atoms with van der Waals surface area (Å²) >= 11 is 0. The van der Waals surface area contributed by atoms with E-state index in [1.165, 1.54) is 75.5 Å². The van der Waals surface area contributed by atoms with Gasteiger partial charge in [-0.1, -0.05) is 132 Å². The first-order valence-corrected chi connectivity index (χ1v) is 24.9. The minimum Gasteiger partial charge on any atom is -0.462 e. The zero-order chi connectivity index (χ0) is 40.1. The highest BCUT2D eigenvalue weighted by molar-refractivity contribution is 8.77. The zero-order valence-electron chi connectivity index (χ0n) is 35.2. The summed E-state index contributed by atoms with van der Waals surface area (Å²) in [6, 6.07) is 0. The van der Waals surface area contributed by atoms with Gasteiger partial charge < -0.3 is 18.9 Å². The van der Waals surface area contributed by atoms with Gasteiger partial charge >= 0.3 is 18.1 Å². The molecule has 9 unspecified atom stereocenters.